The Hall–Kier alpha value is -3.34. The van der Waals surface area contributed by atoms with Crippen LogP contribution in [-0.2, 0) is 24.4 Å². The third-order valence-corrected chi connectivity index (χ3v) is 5.91. The molecule has 0 saturated carbocycles. The number of hydrogen-bond acceptors (Lipinski definition) is 3. The molecule has 0 spiro atoms. The van der Waals surface area contributed by atoms with E-state index in [2.05, 4.69) is 31.2 Å². The van der Waals surface area contributed by atoms with Crippen molar-refractivity contribution in [2.45, 2.75) is 51.7 Å². The van der Waals surface area contributed by atoms with E-state index in [0.717, 1.165) is 12.0 Å². The predicted octanol–water partition coefficient (Wildman–Crippen LogP) is 5.21. The number of carboxylic acids is 1. The van der Waals surface area contributed by atoms with Crippen LogP contribution in [0.5, 0.6) is 5.75 Å². The third-order valence-electron chi connectivity index (χ3n) is 5.91. The van der Waals surface area contributed by atoms with Gasteiger partial charge in [0.2, 0.25) is 5.78 Å². The van der Waals surface area contributed by atoms with E-state index >= 15 is 0 Å². The Morgan fingerprint density at radius 1 is 1.00 bits per heavy atom. The molecular weight excluding hydrogens is 390 g/mol. The number of carbonyl (C=O) groups excluding carboxylic acids is 1. The maximum absolute atomic E-state index is 12.9. The molecule has 1 unspecified atom stereocenters. The number of aliphatic carboxylic acids is 1. The Morgan fingerprint density at radius 2 is 1.71 bits per heavy atom. The van der Waals surface area contributed by atoms with Crippen LogP contribution in [0.15, 0.2) is 60.7 Å². The fourth-order valence-electron chi connectivity index (χ4n) is 4.09. The van der Waals surface area contributed by atoms with Crippen LogP contribution in [0.1, 0.15) is 65.0 Å². The van der Waals surface area contributed by atoms with Crippen molar-refractivity contribution < 1.29 is 19.4 Å². The summed E-state index contributed by atoms with van der Waals surface area (Å²) in [6, 6.07) is 19.1. The van der Waals surface area contributed by atoms with E-state index in [9.17, 15) is 14.7 Å². The normalized spacial score (nSPS) is 14.9. The third kappa shape index (κ3) is 4.55. The van der Waals surface area contributed by atoms with Crippen molar-refractivity contribution in [2.24, 2.45) is 0 Å². The number of carbonyl (C=O) groups is 2. The highest BCUT2D eigenvalue weighted by atomic mass is 16.5. The largest absolute Gasteiger partial charge is 0.489 e. The monoisotopic (exact) mass is 417 g/mol. The Kier molecular flexibility index (Phi) is 6.21. The van der Waals surface area contributed by atoms with Crippen LogP contribution >= 0.6 is 0 Å². The summed E-state index contributed by atoms with van der Waals surface area (Å²) in [6.07, 6.45) is 4.03. The van der Waals surface area contributed by atoms with E-state index in [0.29, 0.717) is 42.3 Å². The van der Waals surface area contributed by atoms with Gasteiger partial charge in [0.1, 0.15) is 12.4 Å². The van der Waals surface area contributed by atoms with Gasteiger partial charge in [0.05, 0.1) is 11.6 Å². The fraction of sp³-hybridized carbons (Fsp3) is 0.308. The standard InChI is InChI=1S/C26H27NO4/c1-2-3-4-18-5-7-19(8-6-18)17-31-21-11-9-20(10-12-21)25(28)24-14-13-23-22(26(29)30)15-16-27(23)24/h5-14,22H,2-4,15-17H2,1H3,(H,29,30). The van der Waals surface area contributed by atoms with Crippen LogP contribution in [-0.4, -0.2) is 21.4 Å². The topological polar surface area (TPSA) is 68.5 Å². The lowest BCUT2D eigenvalue weighted by Gasteiger charge is -2.09. The first-order valence-electron chi connectivity index (χ1n) is 10.8. The number of aromatic nitrogens is 1. The maximum Gasteiger partial charge on any atom is 0.312 e. The number of fused-ring (bicyclic) bond motifs is 1. The lowest BCUT2D eigenvalue weighted by atomic mass is 10.1. The molecule has 0 bridgehead atoms. The van der Waals surface area contributed by atoms with Gasteiger partial charge in [-0.05, 0) is 66.8 Å². The first kappa shape index (κ1) is 20.9. The van der Waals surface area contributed by atoms with E-state index in [1.165, 1.54) is 18.4 Å². The molecule has 2 aromatic carbocycles. The molecule has 1 atom stereocenters. The van der Waals surface area contributed by atoms with Gasteiger partial charge in [-0.25, -0.2) is 0 Å². The summed E-state index contributed by atoms with van der Waals surface area (Å²) in [4.78, 5) is 24.3. The quantitative estimate of drug-likeness (QED) is 0.485. The molecule has 5 nitrogen and oxygen atoms in total. The van der Waals surface area contributed by atoms with E-state index < -0.39 is 11.9 Å². The number of benzene rings is 2. The average Bonchev–Trinajstić information content (AvgIpc) is 3.39. The number of ether oxygens (including phenoxy) is 1. The molecule has 2 heterocycles. The molecule has 3 aromatic rings. The maximum atomic E-state index is 12.9. The lowest BCUT2D eigenvalue weighted by molar-refractivity contribution is -0.138. The number of ketones is 1. The minimum atomic E-state index is -0.840. The summed E-state index contributed by atoms with van der Waals surface area (Å²) in [6.45, 7) is 3.23. The van der Waals surface area contributed by atoms with Crippen molar-refractivity contribution in [3.05, 3.63) is 88.7 Å². The molecule has 1 N–H and O–H groups in total. The zero-order chi connectivity index (χ0) is 21.8. The Bertz CT molecular complexity index is 1060. The summed E-state index contributed by atoms with van der Waals surface area (Å²) >= 11 is 0. The summed E-state index contributed by atoms with van der Waals surface area (Å²) in [5.41, 5.74) is 4.26. The number of aryl methyl sites for hydroxylation is 1. The van der Waals surface area contributed by atoms with Gasteiger partial charge in [0.15, 0.2) is 0 Å². The molecule has 0 fully saturated rings. The smallest absolute Gasteiger partial charge is 0.312 e. The minimum Gasteiger partial charge on any atom is -0.489 e. The van der Waals surface area contributed by atoms with E-state index in [4.69, 9.17) is 4.74 Å². The summed E-state index contributed by atoms with van der Waals surface area (Å²) in [5.74, 6) is -0.768. The molecule has 0 radical (unpaired) electrons. The van der Waals surface area contributed by atoms with Gasteiger partial charge in [-0.15, -0.1) is 0 Å². The number of hydrogen-bond donors (Lipinski definition) is 1. The van der Waals surface area contributed by atoms with Crippen LogP contribution in [0.25, 0.3) is 0 Å². The molecule has 1 aliphatic heterocycles. The molecular formula is C26H27NO4. The first-order chi connectivity index (χ1) is 15.1. The molecule has 0 saturated heterocycles. The number of nitrogens with zero attached hydrogens (tertiary/aromatic N) is 1. The van der Waals surface area contributed by atoms with Gasteiger partial charge in [-0.2, -0.15) is 0 Å². The molecule has 4 rings (SSSR count). The van der Waals surface area contributed by atoms with Crippen molar-refractivity contribution in [3.8, 4) is 5.75 Å². The molecule has 31 heavy (non-hydrogen) atoms. The second-order valence-electron chi connectivity index (χ2n) is 8.04. The minimum absolute atomic E-state index is 0.105. The highest BCUT2D eigenvalue weighted by molar-refractivity contribution is 6.08. The average molecular weight is 418 g/mol. The Labute approximate surface area is 182 Å². The molecule has 0 amide bonds. The molecule has 1 aromatic heterocycles. The van der Waals surface area contributed by atoms with Crippen molar-refractivity contribution in [1.82, 2.24) is 4.57 Å². The number of unbranched alkanes of at least 4 members (excludes halogenated alkanes) is 1. The molecule has 0 aliphatic carbocycles. The molecule has 160 valence electrons. The summed E-state index contributed by atoms with van der Waals surface area (Å²) < 4.78 is 7.70. The van der Waals surface area contributed by atoms with Crippen LogP contribution in [0.2, 0.25) is 0 Å². The zero-order valence-electron chi connectivity index (χ0n) is 17.7. The second kappa shape index (κ2) is 9.21. The summed E-state index contributed by atoms with van der Waals surface area (Å²) in [7, 11) is 0. The van der Waals surface area contributed by atoms with Crippen molar-refractivity contribution in [2.75, 3.05) is 0 Å². The van der Waals surface area contributed by atoms with Gasteiger partial charge in [0.25, 0.3) is 0 Å². The van der Waals surface area contributed by atoms with Crippen molar-refractivity contribution in [1.29, 1.82) is 0 Å². The highest BCUT2D eigenvalue weighted by Gasteiger charge is 2.31. The first-order valence-corrected chi connectivity index (χ1v) is 10.8. The lowest BCUT2D eigenvalue weighted by Crippen LogP contribution is -2.10. The van der Waals surface area contributed by atoms with E-state index in [1.54, 1.807) is 36.4 Å². The van der Waals surface area contributed by atoms with Crippen LogP contribution in [0.3, 0.4) is 0 Å². The van der Waals surface area contributed by atoms with Crippen molar-refractivity contribution >= 4 is 11.8 Å². The SMILES string of the molecule is CCCCc1ccc(COc2ccc(C(=O)c3ccc4n3CCC4C(=O)O)cc2)cc1. The predicted molar refractivity (Wildman–Crippen MR) is 119 cm³/mol. The van der Waals surface area contributed by atoms with Gasteiger partial charge in [-0.1, -0.05) is 37.6 Å². The van der Waals surface area contributed by atoms with E-state index in [1.807, 2.05) is 4.57 Å². The Morgan fingerprint density at radius 3 is 2.39 bits per heavy atom. The van der Waals surface area contributed by atoms with Crippen molar-refractivity contribution in [3.63, 3.8) is 0 Å². The zero-order valence-corrected chi connectivity index (χ0v) is 17.7. The number of carboxylic acid groups (broad SMARTS) is 1. The molecule has 1 aliphatic rings. The van der Waals surface area contributed by atoms with Gasteiger partial charge < -0.3 is 14.4 Å². The fourth-order valence-corrected chi connectivity index (χ4v) is 4.09. The summed E-state index contributed by atoms with van der Waals surface area (Å²) in [5, 5.41) is 9.32. The molecule has 5 heteroatoms. The van der Waals surface area contributed by atoms with Crippen LogP contribution in [0, 0.1) is 0 Å². The van der Waals surface area contributed by atoms with Crippen LogP contribution < -0.4 is 4.74 Å². The van der Waals surface area contributed by atoms with Gasteiger partial charge >= 0.3 is 5.97 Å². The number of rotatable bonds is 9. The second-order valence-corrected chi connectivity index (χ2v) is 8.04. The van der Waals surface area contributed by atoms with Gasteiger partial charge in [-0.3, -0.25) is 9.59 Å². The van der Waals surface area contributed by atoms with Gasteiger partial charge in [0, 0.05) is 17.8 Å². The van der Waals surface area contributed by atoms with E-state index in [-0.39, 0.29) is 5.78 Å². The highest BCUT2D eigenvalue weighted by Crippen LogP contribution is 2.31. The Balaban J connectivity index is 1.38. The van der Waals surface area contributed by atoms with Crippen LogP contribution in [0.4, 0.5) is 0 Å².